The van der Waals surface area contributed by atoms with Crippen molar-refractivity contribution in [2.45, 2.75) is 12.6 Å². The summed E-state index contributed by atoms with van der Waals surface area (Å²) in [6.07, 6.45) is 0. The van der Waals surface area contributed by atoms with Crippen LogP contribution in [0.3, 0.4) is 0 Å². The van der Waals surface area contributed by atoms with Gasteiger partial charge in [0.15, 0.2) is 0 Å². The summed E-state index contributed by atoms with van der Waals surface area (Å²) in [5, 5.41) is 9.96. The normalized spacial score (nSPS) is 17.6. The SMILES string of the molecule is NCC1c2cc(F)ccc2CN1c1ccccc1O. The zero-order valence-electron chi connectivity index (χ0n) is 10.4. The highest BCUT2D eigenvalue weighted by atomic mass is 19.1. The Morgan fingerprint density at radius 1 is 1.26 bits per heavy atom. The van der Waals surface area contributed by atoms with Crippen LogP contribution in [0.5, 0.6) is 5.75 Å². The van der Waals surface area contributed by atoms with Crippen LogP contribution in [0.1, 0.15) is 17.2 Å². The fourth-order valence-corrected chi connectivity index (χ4v) is 2.70. The number of nitrogens with two attached hydrogens (primary N) is 1. The monoisotopic (exact) mass is 258 g/mol. The first kappa shape index (κ1) is 12.0. The predicted molar refractivity (Wildman–Crippen MR) is 72.5 cm³/mol. The van der Waals surface area contributed by atoms with Gasteiger partial charge in [0, 0.05) is 13.1 Å². The quantitative estimate of drug-likeness (QED) is 0.870. The Balaban J connectivity index is 2.05. The van der Waals surface area contributed by atoms with Gasteiger partial charge in [-0.15, -0.1) is 0 Å². The Morgan fingerprint density at radius 3 is 2.79 bits per heavy atom. The molecule has 0 saturated carbocycles. The van der Waals surface area contributed by atoms with Gasteiger partial charge in [0.1, 0.15) is 11.6 Å². The summed E-state index contributed by atoms with van der Waals surface area (Å²) >= 11 is 0. The van der Waals surface area contributed by atoms with Gasteiger partial charge in [0.2, 0.25) is 0 Å². The topological polar surface area (TPSA) is 49.5 Å². The van der Waals surface area contributed by atoms with E-state index in [1.165, 1.54) is 12.1 Å². The minimum atomic E-state index is -0.253. The molecule has 0 amide bonds. The van der Waals surface area contributed by atoms with Gasteiger partial charge >= 0.3 is 0 Å². The molecule has 1 aliphatic heterocycles. The zero-order chi connectivity index (χ0) is 13.4. The highest BCUT2D eigenvalue weighted by Crippen LogP contribution is 2.40. The fraction of sp³-hybridized carbons (Fsp3) is 0.200. The van der Waals surface area contributed by atoms with Crippen molar-refractivity contribution in [3.63, 3.8) is 0 Å². The fourth-order valence-electron chi connectivity index (χ4n) is 2.70. The average molecular weight is 258 g/mol. The van der Waals surface area contributed by atoms with Crippen LogP contribution in [0, 0.1) is 5.82 Å². The van der Waals surface area contributed by atoms with E-state index >= 15 is 0 Å². The molecule has 19 heavy (non-hydrogen) atoms. The lowest BCUT2D eigenvalue weighted by atomic mass is 10.0. The van der Waals surface area contributed by atoms with Crippen LogP contribution in [-0.2, 0) is 6.54 Å². The molecule has 0 bridgehead atoms. The van der Waals surface area contributed by atoms with Gasteiger partial charge in [0.25, 0.3) is 0 Å². The van der Waals surface area contributed by atoms with Crippen LogP contribution in [0.15, 0.2) is 42.5 Å². The first-order chi connectivity index (χ1) is 9.20. The van der Waals surface area contributed by atoms with Gasteiger partial charge in [-0.1, -0.05) is 18.2 Å². The Kier molecular flexibility index (Phi) is 2.87. The molecule has 3 rings (SSSR count). The van der Waals surface area contributed by atoms with Crippen molar-refractivity contribution in [2.24, 2.45) is 5.73 Å². The summed E-state index contributed by atoms with van der Waals surface area (Å²) in [6, 6.07) is 11.8. The summed E-state index contributed by atoms with van der Waals surface area (Å²) in [7, 11) is 0. The van der Waals surface area contributed by atoms with Crippen molar-refractivity contribution in [3.8, 4) is 5.75 Å². The van der Waals surface area contributed by atoms with Crippen molar-refractivity contribution in [1.82, 2.24) is 0 Å². The minimum absolute atomic E-state index is 0.0981. The highest BCUT2D eigenvalue weighted by molar-refractivity contribution is 5.62. The maximum Gasteiger partial charge on any atom is 0.138 e. The third kappa shape index (κ3) is 1.94. The van der Waals surface area contributed by atoms with Crippen molar-refractivity contribution in [2.75, 3.05) is 11.4 Å². The number of rotatable bonds is 2. The summed E-state index contributed by atoms with van der Waals surface area (Å²) in [4.78, 5) is 2.01. The molecule has 3 nitrogen and oxygen atoms in total. The van der Waals surface area contributed by atoms with E-state index in [2.05, 4.69) is 0 Å². The highest BCUT2D eigenvalue weighted by Gasteiger charge is 2.30. The van der Waals surface area contributed by atoms with Crippen LogP contribution in [0.4, 0.5) is 10.1 Å². The molecule has 0 saturated heterocycles. The van der Waals surface area contributed by atoms with Crippen LogP contribution in [0.25, 0.3) is 0 Å². The maximum atomic E-state index is 13.4. The Bertz CT molecular complexity index is 615. The summed E-state index contributed by atoms with van der Waals surface area (Å²) in [5.41, 5.74) is 8.53. The first-order valence-electron chi connectivity index (χ1n) is 6.23. The average Bonchev–Trinajstić information content (AvgIpc) is 2.76. The third-order valence-electron chi connectivity index (χ3n) is 3.60. The van der Waals surface area contributed by atoms with Gasteiger partial charge in [-0.25, -0.2) is 4.39 Å². The number of hydrogen-bond donors (Lipinski definition) is 2. The summed E-state index contributed by atoms with van der Waals surface area (Å²) in [5.74, 6) is -0.0365. The molecular weight excluding hydrogens is 243 g/mol. The lowest BCUT2D eigenvalue weighted by Crippen LogP contribution is -2.27. The molecule has 1 atom stereocenters. The van der Waals surface area contributed by atoms with Crippen LogP contribution in [0.2, 0.25) is 0 Å². The Labute approximate surface area is 111 Å². The molecule has 0 spiro atoms. The molecule has 2 aromatic carbocycles. The van der Waals surface area contributed by atoms with E-state index in [1.807, 2.05) is 17.0 Å². The van der Waals surface area contributed by atoms with Gasteiger partial charge < -0.3 is 15.7 Å². The van der Waals surface area contributed by atoms with E-state index in [0.717, 1.165) is 16.8 Å². The zero-order valence-corrected chi connectivity index (χ0v) is 10.4. The number of para-hydroxylation sites is 2. The molecule has 3 N–H and O–H groups in total. The molecule has 98 valence electrons. The first-order valence-corrected chi connectivity index (χ1v) is 6.23. The second kappa shape index (κ2) is 4.55. The minimum Gasteiger partial charge on any atom is -0.506 e. The van der Waals surface area contributed by atoms with Gasteiger partial charge in [-0.05, 0) is 35.4 Å². The van der Waals surface area contributed by atoms with Crippen LogP contribution < -0.4 is 10.6 Å². The number of nitrogens with zero attached hydrogens (tertiary/aromatic N) is 1. The number of aromatic hydroxyl groups is 1. The molecule has 1 aliphatic rings. The summed E-state index contributed by atoms with van der Waals surface area (Å²) < 4.78 is 13.4. The summed E-state index contributed by atoms with van der Waals surface area (Å²) in [6.45, 7) is 1.01. The number of benzene rings is 2. The van der Waals surface area contributed by atoms with E-state index in [9.17, 15) is 9.50 Å². The molecule has 0 fully saturated rings. The molecule has 1 unspecified atom stereocenters. The van der Waals surface area contributed by atoms with Gasteiger partial charge in [-0.2, -0.15) is 0 Å². The van der Waals surface area contributed by atoms with Gasteiger partial charge in [-0.3, -0.25) is 0 Å². The van der Waals surface area contributed by atoms with Crippen molar-refractivity contribution < 1.29 is 9.50 Å². The van der Waals surface area contributed by atoms with Crippen molar-refractivity contribution >= 4 is 5.69 Å². The van der Waals surface area contributed by atoms with Crippen molar-refractivity contribution in [3.05, 3.63) is 59.4 Å². The Hall–Kier alpha value is -2.07. The van der Waals surface area contributed by atoms with E-state index < -0.39 is 0 Å². The molecular formula is C15H15FN2O. The standard InChI is InChI=1S/C15H15FN2O/c16-11-6-5-10-9-18(14(8-17)12(10)7-11)13-3-1-2-4-15(13)19/h1-7,14,19H,8-9,17H2. The molecule has 1 heterocycles. The van der Waals surface area contributed by atoms with Crippen molar-refractivity contribution in [1.29, 1.82) is 0 Å². The predicted octanol–water partition coefficient (Wildman–Crippen LogP) is 2.55. The Morgan fingerprint density at radius 2 is 2.05 bits per heavy atom. The number of phenols is 1. The molecule has 0 aromatic heterocycles. The van der Waals surface area contributed by atoms with E-state index in [-0.39, 0.29) is 17.6 Å². The molecule has 4 heteroatoms. The largest absolute Gasteiger partial charge is 0.506 e. The maximum absolute atomic E-state index is 13.4. The second-order valence-electron chi connectivity index (χ2n) is 4.71. The number of phenolic OH excluding ortho intramolecular Hbond substituents is 1. The number of anilines is 1. The van der Waals surface area contributed by atoms with E-state index in [4.69, 9.17) is 5.73 Å². The smallest absolute Gasteiger partial charge is 0.138 e. The number of fused-ring (bicyclic) bond motifs is 1. The molecule has 2 aromatic rings. The van der Waals surface area contributed by atoms with Gasteiger partial charge in [0.05, 0.1) is 11.7 Å². The third-order valence-corrected chi connectivity index (χ3v) is 3.60. The lowest BCUT2D eigenvalue weighted by molar-refractivity contribution is 0.471. The molecule has 0 radical (unpaired) electrons. The van der Waals surface area contributed by atoms with Crippen LogP contribution >= 0.6 is 0 Å². The van der Waals surface area contributed by atoms with E-state index in [1.54, 1.807) is 18.2 Å². The number of halogens is 1. The molecule has 0 aliphatic carbocycles. The second-order valence-corrected chi connectivity index (χ2v) is 4.71. The lowest BCUT2D eigenvalue weighted by Gasteiger charge is -2.26. The number of hydrogen-bond acceptors (Lipinski definition) is 3. The van der Waals surface area contributed by atoms with Crippen LogP contribution in [-0.4, -0.2) is 11.7 Å². The van der Waals surface area contributed by atoms with E-state index in [0.29, 0.717) is 13.1 Å².